The van der Waals surface area contributed by atoms with Gasteiger partial charge in [-0.3, -0.25) is 0 Å². The Balaban J connectivity index is 2.15. The minimum absolute atomic E-state index is 0.666. The third kappa shape index (κ3) is 2.48. The molecule has 2 atom stereocenters. The molecule has 0 aromatic heterocycles. The second-order valence-electron chi connectivity index (χ2n) is 4.05. The highest BCUT2D eigenvalue weighted by atomic mass is 15.0. The average molecular weight is 155 g/mol. The van der Waals surface area contributed by atoms with E-state index in [9.17, 15) is 0 Å². The fourth-order valence-corrected chi connectivity index (χ4v) is 1.93. The van der Waals surface area contributed by atoms with Gasteiger partial charge in [-0.15, -0.1) is 0 Å². The molecule has 2 unspecified atom stereocenters. The molecule has 0 saturated heterocycles. The molecule has 1 saturated carbocycles. The summed E-state index contributed by atoms with van der Waals surface area (Å²) in [5.41, 5.74) is 0. The van der Waals surface area contributed by atoms with Gasteiger partial charge in [0.25, 0.3) is 0 Å². The Hall–Kier alpha value is -0.0400. The maximum atomic E-state index is 3.61. The summed E-state index contributed by atoms with van der Waals surface area (Å²) in [5.74, 6) is 0.988. The molecule has 1 aliphatic rings. The van der Waals surface area contributed by atoms with Crippen LogP contribution in [0.5, 0.6) is 0 Å². The molecule has 0 aliphatic heterocycles. The van der Waals surface area contributed by atoms with E-state index < -0.39 is 0 Å². The van der Waals surface area contributed by atoms with E-state index in [0.29, 0.717) is 6.04 Å². The maximum absolute atomic E-state index is 3.61. The standard InChI is InChI=1S/C10H21N/c1-4-5-9-6-7-10(9)11-8(2)3/h8-11H,4-7H2,1-3H3. The smallest absolute Gasteiger partial charge is 0.00978 e. The molecule has 0 bridgehead atoms. The van der Waals surface area contributed by atoms with E-state index >= 15 is 0 Å². The van der Waals surface area contributed by atoms with Crippen molar-refractivity contribution >= 4 is 0 Å². The van der Waals surface area contributed by atoms with Crippen LogP contribution in [-0.4, -0.2) is 12.1 Å². The molecule has 1 N–H and O–H groups in total. The predicted octanol–water partition coefficient (Wildman–Crippen LogP) is 2.56. The lowest BCUT2D eigenvalue weighted by Gasteiger charge is -2.38. The van der Waals surface area contributed by atoms with E-state index in [0.717, 1.165) is 12.0 Å². The van der Waals surface area contributed by atoms with Crippen LogP contribution in [0.25, 0.3) is 0 Å². The lowest BCUT2D eigenvalue weighted by molar-refractivity contribution is 0.185. The van der Waals surface area contributed by atoms with Crippen molar-refractivity contribution in [1.82, 2.24) is 5.32 Å². The molecule has 0 amide bonds. The molecule has 0 radical (unpaired) electrons. The van der Waals surface area contributed by atoms with Crippen molar-refractivity contribution in [2.75, 3.05) is 0 Å². The zero-order chi connectivity index (χ0) is 8.27. The fraction of sp³-hybridized carbons (Fsp3) is 1.00. The van der Waals surface area contributed by atoms with Crippen LogP contribution >= 0.6 is 0 Å². The average Bonchev–Trinajstić information content (AvgIpc) is 1.93. The monoisotopic (exact) mass is 155 g/mol. The first-order valence-electron chi connectivity index (χ1n) is 5.00. The molecule has 0 aromatic carbocycles. The van der Waals surface area contributed by atoms with Gasteiger partial charge in [-0.1, -0.05) is 27.2 Å². The van der Waals surface area contributed by atoms with Crippen molar-refractivity contribution in [1.29, 1.82) is 0 Å². The first-order chi connectivity index (χ1) is 5.24. The van der Waals surface area contributed by atoms with E-state index in [1.807, 2.05) is 0 Å². The summed E-state index contributed by atoms with van der Waals surface area (Å²) in [4.78, 5) is 0. The first-order valence-corrected chi connectivity index (χ1v) is 5.00. The lowest BCUT2D eigenvalue weighted by atomic mass is 9.76. The summed E-state index contributed by atoms with van der Waals surface area (Å²) >= 11 is 0. The van der Waals surface area contributed by atoms with Gasteiger partial charge in [0.15, 0.2) is 0 Å². The van der Waals surface area contributed by atoms with Gasteiger partial charge in [0.05, 0.1) is 0 Å². The van der Waals surface area contributed by atoms with Crippen molar-refractivity contribution in [3.8, 4) is 0 Å². The first kappa shape index (κ1) is 9.05. The van der Waals surface area contributed by atoms with Gasteiger partial charge < -0.3 is 5.32 Å². The molecule has 1 heteroatoms. The Morgan fingerprint density at radius 3 is 2.45 bits per heavy atom. The van der Waals surface area contributed by atoms with E-state index in [1.54, 1.807) is 0 Å². The van der Waals surface area contributed by atoms with Gasteiger partial charge >= 0.3 is 0 Å². The highest BCUT2D eigenvalue weighted by Gasteiger charge is 2.29. The van der Waals surface area contributed by atoms with Crippen molar-refractivity contribution in [3.63, 3.8) is 0 Å². The van der Waals surface area contributed by atoms with E-state index in [-0.39, 0.29) is 0 Å². The lowest BCUT2D eigenvalue weighted by Crippen LogP contribution is -2.46. The summed E-state index contributed by atoms with van der Waals surface area (Å²) in [7, 11) is 0. The topological polar surface area (TPSA) is 12.0 Å². The number of rotatable bonds is 4. The number of nitrogens with one attached hydrogen (secondary N) is 1. The van der Waals surface area contributed by atoms with Crippen LogP contribution in [-0.2, 0) is 0 Å². The summed E-state index contributed by atoms with van der Waals surface area (Å²) in [6.45, 7) is 6.76. The van der Waals surface area contributed by atoms with Gasteiger partial charge in [-0.05, 0) is 25.2 Å². The van der Waals surface area contributed by atoms with Crippen LogP contribution in [0.4, 0.5) is 0 Å². The Bertz CT molecular complexity index is 109. The third-order valence-corrected chi connectivity index (χ3v) is 2.62. The Labute approximate surface area is 70.6 Å². The minimum Gasteiger partial charge on any atom is -0.312 e. The molecule has 0 aromatic rings. The van der Waals surface area contributed by atoms with Gasteiger partial charge in [-0.2, -0.15) is 0 Å². The van der Waals surface area contributed by atoms with Crippen LogP contribution in [0.3, 0.4) is 0 Å². The van der Waals surface area contributed by atoms with Gasteiger partial charge in [0.1, 0.15) is 0 Å². The number of hydrogen-bond donors (Lipinski definition) is 1. The zero-order valence-electron chi connectivity index (χ0n) is 8.06. The quantitative estimate of drug-likeness (QED) is 0.658. The molecular weight excluding hydrogens is 134 g/mol. The molecule has 11 heavy (non-hydrogen) atoms. The SMILES string of the molecule is CCCC1CCC1NC(C)C. The molecule has 1 rings (SSSR count). The van der Waals surface area contributed by atoms with Crippen LogP contribution < -0.4 is 5.32 Å². The summed E-state index contributed by atoms with van der Waals surface area (Å²) in [6.07, 6.45) is 5.63. The van der Waals surface area contributed by atoms with E-state index in [2.05, 4.69) is 26.1 Å². The molecular formula is C10H21N. The van der Waals surface area contributed by atoms with Crippen molar-refractivity contribution in [2.45, 2.75) is 58.5 Å². The van der Waals surface area contributed by atoms with Gasteiger partial charge in [0, 0.05) is 12.1 Å². The van der Waals surface area contributed by atoms with Crippen molar-refractivity contribution in [2.24, 2.45) is 5.92 Å². The molecule has 0 heterocycles. The highest BCUT2D eigenvalue weighted by Crippen LogP contribution is 2.31. The zero-order valence-corrected chi connectivity index (χ0v) is 8.06. The third-order valence-electron chi connectivity index (χ3n) is 2.62. The van der Waals surface area contributed by atoms with Crippen LogP contribution in [0.2, 0.25) is 0 Å². The maximum Gasteiger partial charge on any atom is 0.00978 e. The molecule has 66 valence electrons. The van der Waals surface area contributed by atoms with Crippen LogP contribution in [0.15, 0.2) is 0 Å². The van der Waals surface area contributed by atoms with Gasteiger partial charge in [-0.25, -0.2) is 0 Å². The summed E-state index contributed by atoms with van der Waals surface area (Å²) in [5, 5.41) is 3.61. The van der Waals surface area contributed by atoms with E-state index in [1.165, 1.54) is 25.7 Å². The molecule has 0 spiro atoms. The largest absolute Gasteiger partial charge is 0.312 e. The number of hydrogen-bond acceptors (Lipinski definition) is 1. The van der Waals surface area contributed by atoms with E-state index in [4.69, 9.17) is 0 Å². The summed E-state index contributed by atoms with van der Waals surface area (Å²) in [6, 6.07) is 1.51. The Kier molecular flexibility index (Phi) is 3.38. The summed E-state index contributed by atoms with van der Waals surface area (Å²) < 4.78 is 0. The molecule has 1 nitrogen and oxygen atoms in total. The normalized spacial score (nSPS) is 30.5. The van der Waals surface area contributed by atoms with Crippen LogP contribution in [0.1, 0.15) is 46.5 Å². The van der Waals surface area contributed by atoms with Crippen LogP contribution in [0, 0.1) is 5.92 Å². The fourth-order valence-electron chi connectivity index (χ4n) is 1.93. The predicted molar refractivity (Wildman–Crippen MR) is 49.7 cm³/mol. The molecule has 1 aliphatic carbocycles. The highest BCUT2D eigenvalue weighted by molar-refractivity contribution is 4.87. The van der Waals surface area contributed by atoms with Gasteiger partial charge in [0.2, 0.25) is 0 Å². The molecule has 1 fully saturated rings. The van der Waals surface area contributed by atoms with Crippen molar-refractivity contribution in [3.05, 3.63) is 0 Å². The Morgan fingerprint density at radius 2 is 2.09 bits per heavy atom. The Morgan fingerprint density at radius 1 is 1.36 bits per heavy atom. The second-order valence-corrected chi connectivity index (χ2v) is 4.05. The van der Waals surface area contributed by atoms with Crippen molar-refractivity contribution < 1.29 is 0 Å². The second kappa shape index (κ2) is 4.10. The minimum atomic E-state index is 0.666.